The maximum atomic E-state index is 12.6. The van der Waals surface area contributed by atoms with Crippen LogP contribution in [-0.4, -0.2) is 35.6 Å². The Bertz CT molecular complexity index is 886. The Morgan fingerprint density at radius 2 is 2.04 bits per heavy atom. The second-order valence-electron chi connectivity index (χ2n) is 6.57. The van der Waals surface area contributed by atoms with Crippen molar-refractivity contribution >= 4 is 28.8 Å². The second kappa shape index (κ2) is 8.25. The highest BCUT2D eigenvalue weighted by atomic mass is 35.5. The molecule has 1 aliphatic heterocycles. The molecule has 0 bridgehead atoms. The fourth-order valence-corrected chi connectivity index (χ4v) is 4.34. The van der Waals surface area contributed by atoms with Gasteiger partial charge in [0.25, 0.3) is 5.91 Å². The smallest absolute Gasteiger partial charge is 0.273 e. The molecule has 1 aromatic carbocycles. The van der Waals surface area contributed by atoms with Gasteiger partial charge >= 0.3 is 0 Å². The van der Waals surface area contributed by atoms with E-state index >= 15 is 0 Å². The van der Waals surface area contributed by atoms with Crippen molar-refractivity contribution < 1.29 is 9.32 Å². The van der Waals surface area contributed by atoms with E-state index in [1.165, 1.54) is 17.7 Å². The molecule has 0 unspecified atom stereocenters. The number of carbonyl (C=O) groups excluding carboxylic acids is 1. The number of thiophene rings is 1. The third-order valence-corrected chi connectivity index (χ3v) is 6.01. The summed E-state index contributed by atoms with van der Waals surface area (Å²) in [5.41, 5.74) is 1.12. The molecule has 1 fully saturated rings. The predicted molar refractivity (Wildman–Crippen MR) is 107 cm³/mol. The molecule has 0 saturated carbocycles. The monoisotopic (exact) mass is 401 g/mol. The Morgan fingerprint density at radius 1 is 1.26 bits per heavy atom. The number of benzene rings is 1. The quantitative estimate of drug-likeness (QED) is 0.654. The van der Waals surface area contributed by atoms with Crippen LogP contribution < -0.4 is 5.32 Å². The third-order valence-electron chi connectivity index (χ3n) is 4.78. The standard InChI is InChI=1S/C20H20ClN3O2S/c21-15-7-5-14(6-8-15)18-12-16(23-26-18)20(25)22-13-17(19-4-3-11-27-19)24-9-1-2-10-24/h3-8,11-12,17H,1-2,9-10,13H2,(H,22,25)/t17-/m0/s1. The van der Waals surface area contributed by atoms with Gasteiger partial charge < -0.3 is 9.84 Å². The Hall–Kier alpha value is -2.15. The van der Waals surface area contributed by atoms with Crippen LogP contribution in [0.1, 0.15) is 34.2 Å². The Labute approximate surface area is 166 Å². The van der Waals surface area contributed by atoms with Crippen molar-refractivity contribution in [3.63, 3.8) is 0 Å². The Balaban J connectivity index is 1.43. The van der Waals surface area contributed by atoms with E-state index in [2.05, 4.69) is 32.9 Å². The molecule has 0 aliphatic carbocycles. The number of likely N-dealkylation sites (tertiary alicyclic amines) is 1. The zero-order chi connectivity index (χ0) is 18.6. The van der Waals surface area contributed by atoms with Crippen LogP contribution in [0.4, 0.5) is 0 Å². The molecular weight excluding hydrogens is 382 g/mol. The third kappa shape index (κ3) is 4.24. The molecule has 1 amide bonds. The Morgan fingerprint density at radius 3 is 2.74 bits per heavy atom. The highest BCUT2D eigenvalue weighted by Gasteiger charge is 2.25. The summed E-state index contributed by atoms with van der Waals surface area (Å²) in [5.74, 6) is 0.325. The van der Waals surface area contributed by atoms with Gasteiger partial charge in [0, 0.05) is 28.1 Å². The van der Waals surface area contributed by atoms with Crippen molar-refractivity contribution in [3.8, 4) is 11.3 Å². The van der Waals surface area contributed by atoms with Gasteiger partial charge in [0.15, 0.2) is 11.5 Å². The van der Waals surface area contributed by atoms with Gasteiger partial charge in [-0.1, -0.05) is 22.8 Å². The molecule has 4 rings (SSSR count). The van der Waals surface area contributed by atoms with Crippen LogP contribution in [0.3, 0.4) is 0 Å². The maximum absolute atomic E-state index is 12.6. The highest BCUT2D eigenvalue weighted by Crippen LogP contribution is 2.28. The van der Waals surface area contributed by atoms with Crippen molar-refractivity contribution in [1.29, 1.82) is 0 Å². The second-order valence-corrected chi connectivity index (χ2v) is 7.98. The molecule has 27 heavy (non-hydrogen) atoms. The van der Waals surface area contributed by atoms with Crippen LogP contribution in [0.2, 0.25) is 5.02 Å². The fourth-order valence-electron chi connectivity index (χ4n) is 3.36. The van der Waals surface area contributed by atoms with Gasteiger partial charge in [-0.2, -0.15) is 0 Å². The minimum Gasteiger partial charge on any atom is -0.355 e. The lowest BCUT2D eigenvalue weighted by molar-refractivity contribution is 0.0929. The highest BCUT2D eigenvalue weighted by molar-refractivity contribution is 7.10. The van der Waals surface area contributed by atoms with Gasteiger partial charge in [-0.25, -0.2) is 0 Å². The van der Waals surface area contributed by atoms with E-state index in [4.69, 9.17) is 16.1 Å². The number of nitrogens with zero attached hydrogens (tertiary/aromatic N) is 2. The molecule has 0 radical (unpaired) electrons. The van der Waals surface area contributed by atoms with Crippen LogP contribution >= 0.6 is 22.9 Å². The van der Waals surface area contributed by atoms with Gasteiger partial charge in [-0.15, -0.1) is 11.3 Å². The summed E-state index contributed by atoms with van der Waals surface area (Å²) < 4.78 is 5.33. The van der Waals surface area contributed by atoms with Gasteiger partial charge in [-0.05, 0) is 61.6 Å². The zero-order valence-electron chi connectivity index (χ0n) is 14.7. The van der Waals surface area contributed by atoms with Crippen LogP contribution in [0, 0.1) is 0 Å². The van der Waals surface area contributed by atoms with Crippen LogP contribution in [0.15, 0.2) is 52.4 Å². The Kier molecular flexibility index (Phi) is 5.57. The molecule has 1 saturated heterocycles. The summed E-state index contributed by atoms with van der Waals surface area (Å²) in [7, 11) is 0. The van der Waals surface area contributed by atoms with E-state index in [1.54, 1.807) is 29.5 Å². The lowest BCUT2D eigenvalue weighted by atomic mass is 10.1. The summed E-state index contributed by atoms with van der Waals surface area (Å²) in [6, 6.07) is 13.3. The van der Waals surface area contributed by atoms with Crippen molar-refractivity contribution in [2.24, 2.45) is 0 Å². The van der Waals surface area contributed by atoms with Gasteiger partial charge in [0.05, 0.1) is 6.04 Å². The summed E-state index contributed by atoms with van der Waals surface area (Å²) >= 11 is 7.64. The van der Waals surface area contributed by atoms with Crippen molar-refractivity contribution in [2.75, 3.05) is 19.6 Å². The van der Waals surface area contributed by atoms with Gasteiger partial charge in [-0.3, -0.25) is 9.69 Å². The van der Waals surface area contributed by atoms with Crippen molar-refractivity contribution in [1.82, 2.24) is 15.4 Å². The lowest BCUT2D eigenvalue weighted by Gasteiger charge is -2.26. The number of hydrogen-bond donors (Lipinski definition) is 1. The van der Waals surface area contributed by atoms with Crippen molar-refractivity contribution in [2.45, 2.75) is 18.9 Å². The maximum Gasteiger partial charge on any atom is 0.273 e. The van der Waals surface area contributed by atoms with E-state index in [-0.39, 0.29) is 17.6 Å². The lowest BCUT2D eigenvalue weighted by Crippen LogP contribution is -2.36. The van der Waals surface area contributed by atoms with Crippen molar-refractivity contribution in [3.05, 3.63) is 63.4 Å². The van der Waals surface area contributed by atoms with Crippen LogP contribution in [0.5, 0.6) is 0 Å². The van der Waals surface area contributed by atoms with Crippen LogP contribution in [0.25, 0.3) is 11.3 Å². The summed E-state index contributed by atoms with van der Waals surface area (Å²) in [5, 5.41) is 9.67. The fraction of sp³-hybridized carbons (Fsp3) is 0.300. The van der Waals surface area contributed by atoms with Gasteiger partial charge in [0.1, 0.15) is 0 Å². The first kappa shape index (κ1) is 18.2. The molecule has 5 nitrogen and oxygen atoms in total. The molecule has 1 atom stereocenters. The molecule has 2 aromatic heterocycles. The number of amides is 1. The molecule has 3 aromatic rings. The van der Waals surface area contributed by atoms with Gasteiger partial charge in [0.2, 0.25) is 0 Å². The molecule has 7 heteroatoms. The molecule has 0 spiro atoms. The first-order valence-corrected chi connectivity index (χ1v) is 10.2. The number of aromatic nitrogens is 1. The topological polar surface area (TPSA) is 58.4 Å². The average Bonchev–Trinajstić information content (AvgIpc) is 3.44. The first-order chi connectivity index (χ1) is 13.2. The molecular formula is C20H20ClN3O2S. The summed E-state index contributed by atoms with van der Waals surface area (Å²) in [6.07, 6.45) is 2.42. The SMILES string of the molecule is O=C(NC[C@@H](c1cccs1)N1CCCC1)c1cc(-c2ccc(Cl)cc2)on1. The predicted octanol–water partition coefficient (Wildman–Crippen LogP) is 4.62. The molecule has 140 valence electrons. The van der Waals surface area contributed by atoms with E-state index < -0.39 is 0 Å². The average molecular weight is 402 g/mol. The van der Waals surface area contributed by atoms with Crippen LogP contribution in [-0.2, 0) is 0 Å². The van der Waals surface area contributed by atoms with E-state index in [0.29, 0.717) is 17.3 Å². The minimum absolute atomic E-state index is 0.207. The number of nitrogens with one attached hydrogen (secondary N) is 1. The van der Waals surface area contributed by atoms with E-state index in [0.717, 1.165) is 18.7 Å². The molecule has 3 heterocycles. The summed E-state index contributed by atoms with van der Waals surface area (Å²) in [4.78, 5) is 16.3. The number of rotatable bonds is 6. The number of halogens is 1. The zero-order valence-corrected chi connectivity index (χ0v) is 16.3. The number of carbonyl (C=O) groups is 1. The number of hydrogen-bond acceptors (Lipinski definition) is 5. The molecule has 1 aliphatic rings. The van der Waals surface area contributed by atoms with E-state index in [9.17, 15) is 4.79 Å². The molecule has 1 N–H and O–H groups in total. The minimum atomic E-state index is -0.222. The van der Waals surface area contributed by atoms with E-state index in [1.807, 2.05) is 12.1 Å². The first-order valence-electron chi connectivity index (χ1n) is 8.99. The normalized spacial score (nSPS) is 15.7. The largest absolute Gasteiger partial charge is 0.355 e. The summed E-state index contributed by atoms with van der Waals surface area (Å²) in [6.45, 7) is 2.70.